The van der Waals surface area contributed by atoms with E-state index in [2.05, 4.69) is 11.9 Å². The van der Waals surface area contributed by atoms with Crippen LogP contribution in [0.3, 0.4) is 0 Å². The number of nitrogens with zero attached hydrogens (tertiary/aromatic N) is 1. The van der Waals surface area contributed by atoms with Crippen LogP contribution >= 0.6 is 0 Å². The minimum atomic E-state index is -1.72. The molecule has 3 aliphatic heterocycles. The third kappa shape index (κ3) is 3.13. The number of allylic oxidation sites excluding steroid dienone is 2. The number of ether oxygens (including phenoxy) is 1. The molecular formula is C16H24N2O6. The van der Waals surface area contributed by atoms with E-state index in [-0.39, 0.29) is 0 Å². The number of nitrogens with one attached hydrogen (secondary N) is 1. The van der Waals surface area contributed by atoms with Gasteiger partial charge in [0.25, 0.3) is 0 Å². The molecule has 134 valence electrons. The molecule has 3 heterocycles. The second-order valence-electron chi connectivity index (χ2n) is 6.76. The summed E-state index contributed by atoms with van der Waals surface area (Å²) in [7, 11) is 2.06. The number of rotatable bonds is 3. The van der Waals surface area contributed by atoms with Gasteiger partial charge in [0.2, 0.25) is 6.23 Å². The summed E-state index contributed by atoms with van der Waals surface area (Å²) in [5.41, 5.74) is 1.17. The highest BCUT2D eigenvalue weighted by atomic mass is 16.6. The lowest BCUT2D eigenvalue weighted by molar-refractivity contribution is -0.905. The van der Waals surface area contributed by atoms with Crippen molar-refractivity contribution < 1.29 is 34.9 Å². The van der Waals surface area contributed by atoms with E-state index >= 15 is 0 Å². The predicted molar refractivity (Wildman–Crippen MR) is 80.4 cm³/mol. The minimum absolute atomic E-state index is 0.318. The van der Waals surface area contributed by atoms with Crippen LogP contribution in [-0.4, -0.2) is 83.0 Å². The molecule has 0 aliphatic carbocycles. The number of aliphatic hydroxyl groups is 3. The second-order valence-corrected chi connectivity index (χ2v) is 6.76. The number of carbonyl (C=O) groups excluding carboxylic acids is 1. The van der Waals surface area contributed by atoms with Gasteiger partial charge in [-0.15, -0.1) is 0 Å². The summed E-state index contributed by atoms with van der Waals surface area (Å²) in [6.45, 7) is 1.57. The maximum atomic E-state index is 11.1. The molecule has 7 unspecified atom stereocenters. The van der Waals surface area contributed by atoms with E-state index in [9.17, 15) is 25.2 Å². The van der Waals surface area contributed by atoms with Crippen LogP contribution in [0.5, 0.6) is 0 Å². The van der Waals surface area contributed by atoms with Crippen molar-refractivity contribution in [2.24, 2.45) is 0 Å². The van der Waals surface area contributed by atoms with Gasteiger partial charge in [-0.2, -0.15) is 0 Å². The van der Waals surface area contributed by atoms with Crippen molar-refractivity contribution in [2.75, 3.05) is 20.1 Å². The van der Waals surface area contributed by atoms with Crippen LogP contribution in [0.25, 0.3) is 0 Å². The molecule has 0 radical (unpaired) electrons. The zero-order chi connectivity index (χ0) is 17.4. The monoisotopic (exact) mass is 340 g/mol. The highest BCUT2D eigenvalue weighted by Crippen LogP contribution is 2.23. The first-order valence-electron chi connectivity index (χ1n) is 8.23. The van der Waals surface area contributed by atoms with Gasteiger partial charge in [-0.1, -0.05) is 6.08 Å². The third-order valence-electron chi connectivity index (χ3n) is 5.19. The number of carboxylic acid groups (broad SMARTS) is 1. The normalized spacial score (nSPS) is 43.7. The van der Waals surface area contributed by atoms with Crippen LogP contribution in [0.1, 0.15) is 12.8 Å². The molecule has 0 bridgehead atoms. The largest absolute Gasteiger partial charge is 0.547 e. The predicted octanol–water partition coefficient (Wildman–Crippen LogP) is -4.02. The van der Waals surface area contributed by atoms with Gasteiger partial charge in [0.1, 0.15) is 24.9 Å². The van der Waals surface area contributed by atoms with Gasteiger partial charge in [0, 0.05) is 11.6 Å². The number of aliphatic hydroxyl groups excluding tert-OH is 3. The molecule has 3 aliphatic rings. The van der Waals surface area contributed by atoms with Gasteiger partial charge in [-0.25, -0.2) is 0 Å². The number of hydrogen-bond donors (Lipinski definition) is 4. The first-order chi connectivity index (χ1) is 11.4. The number of likely N-dealkylation sites (N-methyl/N-ethyl adjacent to an activating group) is 1. The lowest BCUT2D eigenvalue weighted by Gasteiger charge is -2.42. The standard InChI is InChI=1S/C16H24N2O6/c1-17-6-3-5-10(17)9-4-2-7-18(8-9)15-13(21)11(19)12(20)14(24-15)16(22)23/h2,4,7,10-15,19-21H,3,5-6,8H2,1H3,(H,22,23). The number of aliphatic carboxylic acids is 1. The van der Waals surface area contributed by atoms with Crippen LogP contribution in [0.15, 0.2) is 23.9 Å². The van der Waals surface area contributed by atoms with E-state index in [4.69, 9.17) is 4.74 Å². The van der Waals surface area contributed by atoms with Crippen molar-refractivity contribution in [3.8, 4) is 0 Å². The van der Waals surface area contributed by atoms with Crippen LogP contribution < -0.4 is 10.0 Å². The Morgan fingerprint density at radius 1 is 1.33 bits per heavy atom. The van der Waals surface area contributed by atoms with Gasteiger partial charge in [0.05, 0.1) is 12.2 Å². The average molecular weight is 340 g/mol. The Hall–Kier alpha value is -1.29. The number of hydrogen-bond acceptors (Lipinski definition) is 7. The Balaban J connectivity index is 1.75. The van der Waals surface area contributed by atoms with Crippen LogP contribution in [0.2, 0.25) is 0 Å². The van der Waals surface area contributed by atoms with E-state index in [0.29, 0.717) is 17.5 Å². The van der Waals surface area contributed by atoms with Gasteiger partial charge in [0.15, 0.2) is 6.10 Å². The molecule has 3 rings (SSSR count). The topological polar surface area (TPSA) is 118 Å². The average Bonchev–Trinajstić information content (AvgIpc) is 2.99. The molecule has 0 aromatic rings. The van der Waals surface area contributed by atoms with E-state index in [1.807, 2.05) is 12.2 Å². The highest BCUT2D eigenvalue weighted by Gasteiger charge is 2.49. The lowest BCUT2D eigenvalue weighted by Crippen LogP contribution is -3.15. The maximum Gasteiger partial charge on any atom is 0.226 e. The summed E-state index contributed by atoms with van der Waals surface area (Å²) < 4.78 is 5.37. The number of carbonyl (C=O) groups is 1. The molecule has 2 fully saturated rings. The first-order valence-corrected chi connectivity index (χ1v) is 8.23. The van der Waals surface area contributed by atoms with Crippen molar-refractivity contribution in [1.82, 2.24) is 4.90 Å². The fraction of sp³-hybridized carbons (Fsp3) is 0.688. The molecule has 0 spiro atoms. The Morgan fingerprint density at radius 2 is 2.08 bits per heavy atom. The highest BCUT2D eigenvalue weighted by molar-refractivity contribution is 5.71. The second kappa shape index (κ2) is 6.91. The minimum Gasteiger partial charge on any atom is -0.547 e. The molecule has 7 atom stereocenters. The summed E-state index contributed by atoms with van der Waals surface area (Å²) in [6.07, 6.45) is 0.462. The van der Waals surface area contributed by atoms with Gasteiger partial charge in [-0.05, 0) is 32.5 Å². The summed E-state index contributed by atoms with van der Waals surface area (Å²) in [5.74, 6) is -1.61. The molecule has 4 N–H and O–H groups in total. The van der Waals surface area contributed by atoms with E-state index in [0.717, 1.165) is 19.4 Å². The van der Waals surface area contributed by atoms with Gasteiger partial charge in [-0.3, -0.25) is 9.80 Å². The maximum absolute atomic E-state index is 11.1. The Labute approximate surface area is 140 Å². The van der Waals surface area contributed by atoms with E-state index in [1.54, 1.807) is 6.20 Å². The zero-order valence-corrected chi connectivity index (χ0v) is 13.5. The van der Waals surface area contributed by atoms with Gasteiger partial charge < -0.3 is 30.0 Å². The number of quaternary nitrogens is 1. The van der Waals surface area contributed by atoms with Crippen molar-refractivity contribution in [3.05, 3.63) is 23.9 Å². The summed E-state index contributed by atoms with van der Waals surface area (Å²) in [4.78, 5) is 14.1. The fourth-order valence-corrected chi connectivity index (χ4v) is 3.83. The smallest absolute Gasteiger partial charge is 0.226 e. The fourth-order valence-electron chi connectivity index (χ4n) is 3.83. The molecule has 2 saturated heterocycles. The summed E-state index contributed by atoms with van der Waals surface area (Å²) in [5, 5.41) is 41.1. The first kappa shape index (κ1) is 17.5. The Bertz CT molecular complexity index is 551. The number of likely N-dealkylation sites (tertiary alicyclic amines) is 1. The summed E-state index contributed by atoms with van der Waals surface area (Å²) >= 11 is 0. The lowest BCUT2D eigenvalue weighted by atomic mass is 9.96. The molecule has 0 aromatic carbocycles. The molecule has 8 nitrogen and oxygen atoms in total. The Kier molecular flexibility index (Phi) is 5.05. The quantitative estimate of drug-likeness (QED) is 0.413. The van der Waals surface area contributed by atoms with Crippen molar-refractivity contribution >= 4 is 5.97 Å². The molecule has 0 saturated carbocycles. The van der Waals surface area contributed by atoms with Crippen LogP contribution in [-0.2, 0) is 9.53 Å². The molecular weight excluding hydrogens is 316 g/mol. The SMILES string of the molecule is CN1CCCC1C1=CC=C[NH+](C2OC(C(=O)[O-])C(O)C(O)C2O)C1. The van der Waals surface area contributed by atoms with E-state index < -0.39 is 36.6 Å². The third-order valence-corrected chi connectivity index (χ3v) is 5.19. The van der Waals surface area contributed by atoms with Crippen molar-refractivity contribution in [2.45, 2.75) is 49.5 Å². The molecule has 8 heteroatoms. The van der Waals surface area contributed by atoms with Crippen molar-refractivity contribution in [1.29, 1.82) is 0 Å². The molecule has 24 heavy (non-hydrogen) atoms. The zero-order valence-electron chi connectivity index (χ0n) is 13.5. The summed E-state index contributed by atoms with van der Waals surface area (Å²) in [6, 6.07) is 0.318. The number of carboxylic acids is 1. The van der Waals surface area contributed by atoms with Crippen LogP contribution in [0, 0.1) is 0 Å². The molecule has 0 amide bonds. The van der Waals surface area contributed by atoms with Gasteiger partial charge >= 0.3 is 0 Å². The van der Waals surface area contributed by atoms with Crippen molar-refractivity contribution in [3.63, 3.8) is 0 Å². The molecule has 0 aromatic heterocycles. The Morgan fingerprint density at radius 3 is 2.71 bits per heavy atom. The van der Waals surface area contributed by atoms with E-state index in [1.165, 1.54) is 5.57 Å². The van der Waals surface area contributed by atoms with Crippen LogP contribution in [0.4, 0.5) is 0 Å².